The monoisotopic (exact) mass is 278 g/mol. The molecule has 0 radical (unpaired) electrons. The van der Waals surface area contributed by atoms with Gasteiger partial charge in [-0.25, -0.2) is 0 Å². The summed E-state index contributed by atoms with van der Waals surface area (Å²) in [7, 11) is 0. The van der Waals surface area contributed by atoms with Crippen molar-refractivity contribution in [3.8, 4) is 0 Å². The first kappa shape index (κ1) is 13.5. The Balaban J connectivity index is 1.63. The lowest BCUT2D eigenvalue weighted by atomic mass is 9.99. The van der Waals surface area contributed by atoms with Crippen molar-refractivity contribution in [2.45, 2.75) is 45.1 Å². The van der Waals surface area contributed by atoms with Crippen molar-refractivity contribution in [2.75, 3.05) is 19.6 Å². The average Bonchev–Trinajstić information content (AvgIpc) is 2.88. The summed E-state index contributed by atoms with van der Waals surface area (Å²) in [5, 5.41) is 17.6. The van der Waals surface area contributed by atoms with Crippen molar-refractivity contribution in [1.82, 2.24) is 19.7 Å². The number of aromatic nitrogens is 3. The van der Waals surface area contributed by atoms with Gasteiger partial charge in [0.1, 0.15) is 11.6 Å². The number of fused-ring (bicyclic) bond motifs is 1. The summed E-state index contributed by atoms with van der Waals surface area (Å²) >= 11 is 0. The van der Waals surface area contributed by atoms with Crippen molar-refractivity contribution in [3.05, 3.63) is 11.6 Å². The van der Waals surface area contributed by atoms with E-state index in [4.69, 9.17) is 5.11 Å². The number of carboxylic acid groups (broad SMARTS) is 1. The molecule has 1 fully saturated rings. The smallest absolute Gasteiger partial charge is 0.308 e. The van der Waals surface area contributed by atoms with Gasteiger partial charge in [-0.3, -0.25) is 4.79 Å². The predicted molar refractivity (Wildman–Crippen MR) is 73.5 cm³/mol. The average molecular weight is 278 g/mol. The van der Waals surface area contributed by atoms with Gasteiger partial charge in [-0.15, -0.1) is 10.2 Å². The summed E-state index contributed by atoms with van der Waals surface area (Å²) in [6.07, 6.45) is 6.21. The van der Waals surface area contributed by atoms with Crippen LogP contribution in [-0.2, 0) is 24.2 Å². The van der Waals surface area contributed by atoms with Crippen LogP contribution in [-0.4, -0.2) is 50.4 Å². The van der Waals surface area contributed by atoms with Gasteiger partial charge >= 0.3 is 5.97 Å². The molecule has 0 aromatic carbocycles. The molecule has 3 rings (SSSR count). The molecular formula is C14H22N4O2. The number of piperidine rings is 1. The van der Waals surface area contributed by atoms with Crippen LogP contribution >= 0.6 is 0 Å². The predicted octanol–water partition coefficient (Wildman–Crippen LogP) is 0.953. The summed E-state index contributed by atoms with van der Waals surface area (Å²) in [4.78, 5) is 13.6. The molecular weight excluding hydrogens is 256 g/mol. The topological polar surface area (TPSA) is 71.2 Å². The van der Waals surface area contributed by atoms with Crippen LogP contribution in [0.2, 0.25) is 0 Å². The number of hydrogen-bond donors (Lipinski definition) is 1. The van der Waals surface area contributed by atoms with Gasteiger partial charge in [-0.2, -0.15) is 0 Å². The maximum Gasteiger partial charge on any atom is 0.308 e. The van der Waals surface area contributed by atoms with E-state index in [0.717, 1.165) is 31.0 Å². The van der Waals surface area contributed by atoms with E-state index in [1.807, 2.05) is 4.57 Å². The number of hydrogen-bond acceptors (Lipinski definition) is 4. The van der Waals surface area contributed by atoms with E-state index in [1.54, 1.807) is 0 Å². The number of nitrogens with zero attached hydrogens (tertiary/aromatic N) is 4. The second-order valence-electron chi connectivity index (χ2n) is 5.87. The lowest BCUT2D eigenvalue weighted by Gasteiger charge is -2.26. The number of aryl methyl sites for hydroxylation is 1. The minimum atomic E-state index is -0.702. The number of aliphatic carboxylic acids is 1. The van der Waals surface area contributed by atoms with Crippen LogP contribution in [0.5, 0.6) is 0 Å². The Hall–Kier alpha value is -1.43. The lowest BCUT2D eigenvalue weighted by molar-refractivity contribution is -0.142. The van der Waals surface area contributed by atoms with Crippen LogP contribution in [0, 0.1) is 5.92 Å². The number of likely N-dealkylation sites (tertiary alicyclic amines) is 1. The minimum Gasteiger partial charge on any atom is -0.481 e. The first-order valence-corrected chi connectivity index (χ1v) is 7.60. The van der Waals surface area contributed by atoms with Crippen LogP contribution in [0.4, 0.5) is 0 Å². The zero-order valence-electron chi connectivity index (χ0n) is 11.8. The Kier molecular flexibility index (Phi) is 4.00. The quantitative estimate of drug-likeness (QED) is 0.888. The molecule has 1 aromatic rings. The second-order valence-corrected chi connectivity index (χ2v) is 5.87. The maximum absolute atomic E-state index is 11.1. The number of rotatable bonds is 4. The fourth-order valence-electron chi connectivity index (χ4n) is 3.21. The molecule has 0 spiro atoms. The Bertz CT molecular complexity index is 480. The molecule has 1 atom stereocenters. The summed E-state index contributed by atoms with van der Waals surface area (Å²) in [6, 6.07) is 0. The van der Waals surface area contributed by atoms with Gasteiger partial charge in [0.05, 0.1) is 5.92 Å². The molecule has 6 nitrogen and oxygen atoms in total. The molecule has 0 saturated carbocycles. The normalized spacial score (nSPS) is 23.5. The molecule has 6 heteroatoms. The molecule has 1 aromatic heterocycles. The molecule has 1 unspecified atom stereocenters. The van der Waals surface area contributed by atoms with Gasteiger partial charge in [0, 0.05) is 25.9 Å². The van der Waals surface area contributed by atoms with Crippen molar-refractivity contribution >= 4 is 5.97 Å². The number of carboxylic acids is 1. The van der Waals surface area contributed by atoms with Crippen LogP contribution in [0.15, 0.2) is 0 Å². The highest BCUT2D eigenvalue weighted by Crippen LogP contribution is 2.20. The first-order valence-electron chi connectivity index (χ1n) is 7.60. The summed E-state index contributed by atoms with van der Waals surface area (Å²) in [5.41, 5.74) is 0. The van der Waals surface area contributed by atoms with Gasteiger partial charge in [0.2, 0.25) is 0 Å². The van der Waals surface area contributed by atoms with E-state index in [-0.39, 0.29) is 5.92 Å². The Morgan fingerprint density at radius 1 is 1.25 bits per heavy atom. The fourth-order valence-corrected chi connectivity index (χ4v) is 3.21. The lowest BCUT2D eigenvalue weighted by Crippen LogP contribution is -2.33. The fraction of sp³-hybridized carbons (Fsp3) is 0.786. The molecule has 0 bridgehead atoms. The SMILES string of the molecule is O=C(O)C1CCc2nnc(CCN3CCCCC3)n2C1. The van der Waals surface area contributed by atoms with Crippen molar-refractivity contribution in [3.63, 3.8) is 0 Å². The Morgan fingerprint density at radius 3 is 2.80 bits per heavy atom. The van der Waals surface area contributed by atoms with Crippen LogP contribution in [0.25, 0.3) is 0 Å². The second kappa shape index (κ2) is 5.91. The van der Waals surface area contributed by atoms with Crippen molar-refractivity contribution < 1.29 is 9.90 Å². The molecule has 2 aliphatic rings. The standard InChI is InChI=1S/C14H22N4O2/c19-14(20)11-4-5-12-15-16-13(18(12)10-11)6-9-17-7-2-1-3-8-17/h11H,1-10H2,(H,19,20). The van der Waals surface area contributed by atoms with E-state index in [0.29, 0.717) is 13.0 Å². The zero-order valence-corrected chi connectivity index (χ0v) is 11.8. The summed E-state index contributed by atoms with van der Waals surface area (Å²) in [6.45, 7) is 3.90. The Morgan fingerprint density at radius 2 is 2.05 bits per heavy atom. The molecule has 2 aliphatic heterocycles. The molecule has 20 heavy (non-hydrogen) atoms. The molecule has 0 amide bonds. The molecule has 3 heterocycles. The van der Waals surface area contributed by atoms with E-state index < -0.39 is 5.97 Å². The third-order valence-corrected chi connectivity index (χ3v) is 4.47. The van der Waals surface area contributed by atoms with Gasteiger partial charge in [-0.05, 0) is 32.4 Å². The third-order valence-electron chi connectivity index (χ3n) is 4.47. The third kappa shape index (κ3) is 2.85. The van der Waals surface area contributed by atoms with E-state index in [2.05, 4.69) is 15.1 Å². The summed E-state index contributed by atoms with van der Waals surface area (Å²) < 4.78 is 2.03. The molecule has 1 saturated heterocycles. The minimum absolute atomic E-state index is 0.285. The van der Waals surface area contributed by atoms with Crippen molar-refractivity contribution in [2.24, 2.45) is 5.92 Å². The number of carbonyl (C=O) groups is 1. The highest BCUT2D eigenvalue weighted by Gasteiger charge is 2.27. The maximum atomic E-state index is 11.1. The zero-order chi connectivity index (χ0) is 13.9. The first-order chi connectivity index (χ1) is 9.74. The van der Waals surface area contributed by atoms with E-state index in [9.17, 15) is 4.79 Å². The largest absolute Gasteiger partial charge is 0.481 e. The van der Waals surface area contributed by atoms with Gasteiger partial charge in [0.15, 0.2) is 0 Å². The van der Waals surface area contributed by atoms with Gasteiger partial charge in [-0.1, -0.05) is 6.42 Å². The molecule has 0 aliphatic carbocycles. The van der Waals surface area contributed by atoms with E-state index >= 15 is 0 Å². The van der Waals surface area contributed by atoms with Crippen molar-refractivity contribution in [1.29, 1.82) is 0 Å². The van der Waals surface area contributed by atoms with E-state index in [1.165, 1.54) is 32.4 Å². The van der Waals surface area contributed by atoms with Gasteiger partial charge in [0.25, 0.3) is 0 Å². The van der Waals surface area contributed by atoms with Crippen LogP contribution < -0.4 is 0 Å². The van der Waals surface area contributed by atoms with Crippen LogP contribution in [0.1, 0.15) is 37.3 Å². The highest BCUT2D eigenvalue weighted by molar-refractivity contribution is 5.70. The molecule has 110 valence electrons. The highest BCUT2D eigenvalue weighted by atomic mass is 16.4. The van der Waals surface area contributed by atoms with Crippen LogP contribution in [0.3, 0.4) is 0 Å². The Labute approximate surface area is 118 Å². The molecule has 1 N–H and O–H groups in total. The van der Waals surface area contributed by atoms with Gasteiger partial charge < -0.3 is 14.6 Å². The summed E-state index contributed by atoms with van der Waals surface area (Å²) in [5.74, 6) is 0.922.